The van der Waals surface area contributed by atoms with E-state index in [1.807, 2.05) is 0 Å². The smallest absolute Gasteiger partial charge is 0.347 e. The van der Waals surface area contributed by atoms with E-state index in [1.165, 1.54) is 30.6 Å². The van der Waals surface area contributed by atoms with Crippen LogP contribution in [0.15, 0.2) is 34.0 Å². The van der Waals surface area contributed by atoms with Crippen LogP contribution in [0.25, 0.3) is 11.0 Å². The summed E-state index contributed by atoms with van der Waals surface area (Å²) in [5, 5.41) is 0. The molecule has 1 fully saturated rings. The van der Waals surface area contributed by atoms with Crippen LogP contribution in [0.2, 0.25) is 0 Å². The van der Waals surface area contributed by atoms with Crippen LogP contribution in [0.3, 0.4) is 0 Å². The first kappa shape index (κ1) is 24.2. The molecule has 0 N–H and O–H groups in total. The summed E-state index contributed by atoms with van der Waals surface area (Å²) in [4.78, 5) is 64.2. The fraction of sp³-hybridized carbons (Fsp3) is 0.381. The van der Waals surface area contributed by atoms with Gasteiger partial charge in [-0.05, 0) is 41.9 Å². The van der Waals surface area contributed by atoms with Crippen LogP contribution in [0.4, 0.5) is 5.69 Å². The standard InChI is InChI=1S/C21H22BrN5O6/c1-11(33-20(31)12(2)32-14(4)29)19(30)27-10-9-26(13(3)28)21(27)25-15-5-6-16-18(17(15)22)24-8-7-23-16/h5-8,11-12H,9-10H2,1-4H3/t11-,12-/m0/s1. The molecule has 12 heteroatoms. The molecule has 0 spiro atoms. The second-order valence-electron chi connectivity index (χ2n) is 7.23. The number of fused-ring (bicyclic) bond motifs is 1. The highest BCUT2D eigenvalue weighted by Gasteiger charge is 2.37. The molecule has 1 aliphatic heterocycles. The van der Waals surface area contributed by atoms with E-state index in [1.54, 1.807) is 24.5 Å². The van der Waals surface area contributed by atoms with Crippen molar-refractivity contribution in [3.8, 4) is 0 Å². The number of halogens is 1. The van der Waals surface area contributed by atoms with Gasteiger partial charge in [-0.25, -0.2) is 9.79 Å². The van der Waals surface area contributed by atoms with Crippen molar-refractivity contribution in [2.24, 2.45) is 4.99 Å². The van der Waals surface area contributed by atoms with Gasteiger partial charge >= 0.3 is 11.9 Å². The van der Waals surface area contributed by atoms with E-state index in [9.17, 15) is 19.2 Å². The van der Waals surface area contributed by atoms with Gasteiger partial charge in [0.2, 0.25) is 11.9 Å². The zero-order chi connectivity index (χ0) is 24.3. The van der Waals surface area contributed by atoms with Crippen molar-refractivity contribution in [1.82, 2.24) is 19.8 Å². The molecule has 0 radical (unpaired) electrons. The lowest BCUT2D eigenvalue weighted by molar-refractivity contribution is -0.171. The van der Waals surface area contributed by atoms with Crippen LogP contribution in [-0.2, 0) is 28.7 Å². The summed E-state index contributed by atoms with van der Waals surface area (Å²) in [5.74, 6) is -2.27. The molecule has 0 unspecified atom stereocenters. The van der Waals surface area contributed by atoms with Crippen molar-refractivity contribution in [3.05, 3.63) is 29.0 Å². The van der Waals surface area contributed by atoms with Crippen molar-refractivity contribution in [1.29, 1.82) is 0 Å². The lowest BCUT2D eigenvalue weighted by Gasteiger charge is -2.23. The first-order valence-electron chi connectivity index (χ1n) is 10.0. The third-order valence-corrected chi connectivity index (χ3v) is 5.55. The number of carbonyl (C=O) groups is 4. The van der Waals surface area contributed by atoms with E-state index in [2.05, 4.69) is 30.9 Å². The molecule has 0 bridgehead atoms. The molecule has 1 aliphatic rings. The minimum absolute atomic E-state index is 0.104. The average Bonchev–Trinajstić information content (AvgIpc) is 3.18. The Morgan fingerprint density at radius 1 is 1.00 bits per heavy atom. The molecule has 0 aliphatic carbocycles. The SMILES string of the molecule is CC(=O)O[C@@H](C)C(=O)O[C@@H](C)C(=O)N1CCN(C(C)=O)C1=Nc1ccc2nccnc2c1Br. The van der Waals surface area contributed by atoms with E-state index in [0.717, 1.165) is 6.92 Å². The Morgan fingerprint density at radius 2 is 1.67 bits per heavy atom. The van der Waals surface area contributed by atoms with Crippen molar-refractivity contribution in [2.45, 2.75) is 39.9 Å². The molecule has 2 aromatic rings. The lowest BCUT2D eigenvalue weighted by atomic mass is 10.2. The molecule has 33 heavy (non-hydrogen) atoms. The zero-order valence-electron chi connectivity index (χ0n) is 18.4. The fourth-order valence-electron chi connectivity index (χ4n) is 3.20. The van der Waals surface area contributed by atoms with Crippen LogP contribution in [0.5, 0.6) is 0 Å². The molecule has 2 heterocycles. The Labute approximate surface area is 197 Å². The maximum atomic E-state index is 13.1. The van der Waals surface area contributed by atoms with Gasteiger partial charge in [-0.1, -0.05) is 0 Å². The Balaban J connectivity index is 1.89. The Kier molecular flexibility index (Phi) is 7.36. The third kappa shape index (κ3) is 5.33. The van der Waals surface area contributed by atoms with Gasteiger partial charge in [0.25, 0.3) is 5.91 Å². The van der Waals surface area contributed by atoms with E-state index in [0.29, 0.717) is 21.2 Å². The number of benzene rings is 1. The number of hydrogen-bond acceptors (Lipinski definition) is 9. The molecule has 2 amide bonds. The minimum Gasteiger partial charge on any atom is -0.451 e. The average molecular weight is 520 g/mol. The predicted molar refractivity (Wildman–Crippen MR) is 120 cm³/mol. The highest BCUT2D eigenvalue weighted by molar-refractivity contribution is 9.10. The molecule has 0 saturated carbocycles. The van der Waals surface area contributed by atoms with Crippen LogP contribution in [-0.4, -0.2) is 74.8 Å². The van der Waals surface area contributed by atoms with E-state index in [4.69, 9.17) is 9.47 Å². The molecular weight excluding hydrogens is 498 g/mol. The van der Waals surface area contributed by atoms with Crippen LogP contribution in [0, 0.1) is 0 Å². The number of amides is 2. The van der Waals surface area contributed by atoms with Gasteiger partial charge in [0.15, 0.2) is 12.2 Å². The summed E-state index contributed by atoms with van der Waals surface area (Å²) < 4.78 is 10.5. The van der Waals surface area contributed by atoms with Crippen molar-refractivity contribution in [2.75, 3.05) is 13.1 Å². The molecule has 2 atom stereocenters. The number of esters is 2. The topological polar surface area (TPSA) is 131 Å². The maximum absolute atomic E-state index is 13.1. The van der Waals surface area contributed by atoms with Gasteiger partial charge < -0.3 is 9.47 Å². The second kappa shape index (κ2) is 10.0. The van der Waals surface area contributed by atoms with Crippen molar-refractivity contribution < 1.29 is 28.7 Å². The molecule has 3 rings (SSSR count). The molecule has 11 nitrogen and oxygen atoms in total. The summed E-state index contributed by atoms with van der Waals surface area (Å²) >= 11 is 3.47. The molecule has 1 aromatic carbocycles. The van der Waals surface area contributed by atoms with Crippen molar-refractivity contribution >= 4 is 62.4 Å². The largest absolute Gasteiger partial charge is 0.451 e. The molecule has 174 valence electrons. The monoisotopic (exact) mass is 519 g/mol. The Bertz CT molecular complexity index is 1150. The number of ether oxygens (including phenoxy) is 2. The van der Waals surface area contributed by atoms with Crippen LogP contribution >= 0.6 is 15.9 Å². The third-order valence-electron chi connectivity index (χ3n) is 4.77. The maximum Gasteiger partial charge on any atom is 0.347 e. The van der Waals surface area contributed by atoms with E-state index >= 15 is 0 Å². The molecular formula is C21H22BrN5O6. The summed E-state index contributed by atoms with van der Waals surface area (Å²) in [7, 11) is 0. The number of carbonyl (C=O) groups excluding carboxylic acids is 4. The summed E-state index contributed by atoms with van der Waals surface area (Å²) in [6, 6.07) is 3.42. The Hall–Kier alpha value is -3.41. The fourth-order valence-corrected chi connectivity index (χ4v) is 3.72. The zero-order valence-corrected chi connectivity index (χ0v) is 20.0. The highest BCUT2D eigenvalue weighted by Crippen LogP contribution is 2.32. The molecule has 1 aromatic heterocycles. The van der Waals surface area contributed by atoms with E-state index in [-0.39, 0.29) is 25.0 Å². The number of nitrogens with zero attached hydrogens (tertiary/aromatic N) is 5. The first-order chi connectivity index (χ1) is 15.6. The second-order valence-corrected chi connectivity index (χ2v) is 8.02. The van der Waals surface area contributed by atoms with Gasteiger partial charge in [0, 0.05) is 39.3 Å². The highest BCUT2D eigenvalue weighted by atomic mass is 79.9. The Morgan fingerprint density at radius 3 is 2.33 bits per heavy atom. The summed E-state index contributed by atoms with van der Waals surface area (Å²) in [6.07, 6.45) is 0.760. The van der Waals surface area contributed by atoms with Crippen LogP contribution in [0.1, 0.15) is 27.7 Å². The number of hydrogen-bond donors (Lipinski definition) is 0. The number of aromatic nitrogens is 2. The van der Waals surface area contributed by atoms with Gasteiger partial charge in [0.1, 0.15) is 5.52 Å². The quantitative estimate of drug-likeness (QED) is 0.547. The van der Waals surface area contributed by atoms with Crippen LogP contribution < -0.4 is 0 Å². The first-order valence-corrected chi connectivity index (χ1v) is 10.8. The number of rotatable bonds is 5. The van der Waals surface area contributed by atoms with Crippen molar-refractivity contribution in [3.63, 3.8) is 0 Å². The van der Waals surface area contributed by atoms with Gasteiger partial charge in [-0.15, -0.1) is 0 Å². The van der Waals surface area contributed by atoms with E-state index < -0.39 is 30.1 Å². The normalized spacial score (nSPS) is 16.6. The predicted octanol–water partition coefficient (Wildman–Crippen LogP) is 1.95. The summed E-state index contributed by atoms with van der Waals surface area (Å²) in [5.41, 5.74) is 1.67. The number of guanidine groups is 1. The van der Waals surface area contributed by atoms with Gasteiger partial charge in [0.05, 0.1) is 15.7 Å². The lowest BCUT2D eigenvalue weighted by Crippen LogP contribution is -2.45. The number of aliphatic imine (C=N–C) groups is 1. The molecule has 1 saturated heterocycles. The summed E-state index contributed by atoms with van der Waals surface area (Å²) in [6.45, 7) is 5.68. The minimum atomic E-state index is -1.20. The van der Waals surface area contributed by atoms with Gasteiger partial charge in [-0.2, -0.15) is 0 Å². The van der Waals surface area contributed by atoms with Gasteiger partial charge in [-0.3, -0.25) is 34.2 Å².